The zero-order chi connectivity index (χ0) is 18.5. The molecule has 134 valence electrons. The first-order chi connectivity index (χ1) is 12.7. The van der Waals surface area contributed by atoms with Crippen LogP contribution in [0.1, 0.15) is 16.1 Å². The minimum atomic E-state index is -0.647. The first-order valence-corrected chi connectivity index (χ1v) is 8.05. The Morgan fingerprint density at radius 2 is 1.88 bits per heavy atom. The molecule has 0 unspecified atom stereocenters. The number of carbonyl (C=O) groups is 1. The number of carbonyl (C=O) groups excluding carboxylic acids is 1. The molecule has 0 saturated heterocycles. The van der Waals surface area contributed by atoms with Crippen LogP contribution in [0, 0.1) is 0 Å². The second-order valence-electron chi connectivity index (χ2n) is 5.65. The molecule has 1 amide bonds. The van der Waals surface area contributed by atoms with Crippen LogP contribution >= 0.6 is 0 Å². The van der Waals surface area contributed by atoms with E-state index in [1.807, 2.05) is 30.3 Å². The maximum absolute atomic E-state index is 11.8. The molecule has 0 saturated carbocycles. The lowest BCUT2D eigenvalue weighted by molar-refractivity contribution is 0.0694. The molecule has 0 atom stereocenters. The summed E-state index contributed by atoms with van der Waals surface area (Å²) in [6.07, 6.45) is 1.67. The maximum Gasteiger partial charge on any atom is 0.292 e. The van der Waals surface area contributed by atoms with Crippen molar-refractivity contribution in [3.63, 3.8) is 0 Å². The van der Waals surface area contributed by atoms with E-state index in [1.165, 1.54) is 4.68 Å². The zero-order valence-corrected chi connectivity index (χ0v) is 14.0. The Morgan fingerprint density at radius 1 is 1.12 bits per heavy atom. The zero-order valence-electron chi connectivity index (χ0n) is 14.0. The molecule has 3 aromatic rings. The molecule has 2 heterocycles. The van der Waals surface area contributed by atoms with E-state index < -0.39 is 5.91 Å². The van der Waals surface area contributed by atoms with Crippen LogP contribution in [0.2, 0.25) is 0 Å². The highest BCUT2D eigenvalue weighted by Crippen LogP contribution is 2.25. The van der Waals surface area contributed by atoms with Gasteiger partial charge in [-0.25, -0.2) is 5.48 Å². The summed E-state index contributed by atoms with van der Waals surface area (Å²) in [4.78, 5) is 16.2. The molecule has 5 N–H and O–H groups in total. The molecule has 26 heavy (non-hydrogen) atoms. The van der Waals surface area contributed by atoms with Crippen LogP contribution in [0.25, 0.3) is 22.5 Å². The second kappa shape index (κ2) is 7.87. The standard InChI is InChI=1S/C18H19N5O3/c19-6-8-23-17(18(25)22-26)10-16(21-23)14-5-7-20-15(9-14)13-3-1-12(11-24)2-4-13/h1-5,7,9-10,24,26H,6,8,11,19H2,(H,22,25). The van der Waals surface area contributed by atoms with Crippen LogP contribution in [-0.2, 0) is 13.2 Å². The molecule has 2 aromatic heterocycles. The number of pyridine rings is 1. The number of hydrogen-bond acceptors (Lipinski definition) is 6. The van der Waals surface area contributed by atoms with Crippen molar-refractivity contribution in [1.29, 1.82) is 0 Å². The van der Waals surface area contributed by atoms with Crippen molar-refractivity contribution in [3.8, 4) is 22.5 Å². The fourth-order valence-electron chi connectivity index (χ4n) is 2.62. The van der Waals surface area contributed by atoms with Gasteiger partial charge in [-0.2, -0.15) is 5.10 Å². The minimum absolute atomic E-state index is 0.0119. The van der Waals surface area contributed by atoms with E-state index in [2.05, 4.69) is 10.1 Å². The van der Waals surface area contributed by atoms with Gasteiger partial charge in [0.25, 0.3) is 5.91 Å². The lowest BCUT2D eigenvalue weighted by Crippen LogP contribution is -2.24. The Kier molecular flexibility index (Phi) is 5.37. The van der Waals surface area contributed by atoms with E-state index in [0.29, 0.717) is 18.8 Å². The van der Waals surface area contributed by atoms with Crippen LogP contribution in [-0.4, -0.2) is 37.5 Å². The van der Waals surface area contributed by atoms with E-state index in [-0.39, 0.29) is 12.3 Å². The number of rotatable bonds is 6. The SMILES string of the molecule is NCCn1nc(-c2ccnc(-c3ccc(CO)cc3)c2)cc1C(=O)NO. The summed E-state index contributed by atoms with van der Waals surface area (Å²) in [6.45, 7) is 0.650. The predicted molar refractivity (Wildman–Crippen MR) is 95.1 cm³/mol. The average molecular weight is 353 g/mol. The number of nitrogens with one attached hydrogen (secondary N) is 1. The van der Waals surface area contributed by atoms with Crippen LogP contribution in [0.15, 0.2) is 48.7 Å². The minimum Gasteiger partial charge on any atom is -0.392 e. The molecule has 8 nitrogen and oxygen atoms in total. The van der Waals surface area contributed by atoms with Gasteiger partial charge in [-0.3, -0.25) is 19.7 Å². The number of aliphatic hydroxyl groups is 1. The molecule has 3 rings (SSSR count). The van der Waals surface area contributed by atoms with Crippen molar-refractivity contribution in [2.45, 2.75) is 13.2 Å². The third kappa shape index (κ3) is 3.62. The third-order valence-corrected chi connectivity index (χ3v) is 3.94. The number of aromatic nitrogens is 3. The van der Waals surface area contributed by atoms with Gasteiger partial charge in [-0.05, 0) is 23.8 Å². The van der Waals surface area contributed by atoms with Crippen LogP contribution in [0.4, 0.5) is 0 Å². The fraction of sp³-hybridized carbons (Fsp3) is 0.167. The molecule has 0 spiro atoms. The van der Waals surface area contributed by atoms with E-state index in [4.69, 9.17) is 16.0 Å². The summed E-state index contributed by atoms with van der Waals surface area (Å²) < 4.78 is 1.46. The Labute approximate surface area is 149 Å². The Morgan fingerprint density at radius 3 is 2.54 bits per heavy atom. The molecule has 0 aliphatic rings. The predicted octanol–water partition coefficient (Wildman–Crippen LogP) is 1.18. The van der Waals surface area contributed by atoms with Gasteiger partial charge in [-0.1, -0.05) is 24.3 Å². The number of hydrogen-bond donors (Lipinski definition) is 4. The maximum atomic E-state index is 11.8. The van der Waals surface area contributed by atoms with Crippen molar-refractivity contribution >= 4 is 5.91 Å². The van der Waals surface area contributed by atoms with Crippen molar-refractivity contribution < 1.29 is 15.1 Å². The molecule has 0 bridgehead atoms. The molecular formula is C18H19N5O3. The molecule has 0 radical (unpaired) electrons. The topological polar surface area (TPSA) is 126 Å². The van der Waals surface area contributed by atoms with Gasteiger partial charge in [0, 0.05) is 23.9 Å². The quantitative estimate of drug-likeness (QED) is 0.389. The van der Waals surface area contributed by atoms with Crippen LogP contribution in [0.5, 0.6) is 0 Å². The lowest BCUT2D eigenvalue weighted by Gasteiger charge is -2.04. The lowest BCUT2D eigenvalue weighted by atomic mass is 10.1. The van der Waals surface area contributed by atoms with E-state index in [1.54, 1.807) is 23.8 Å². The molecule has 0 aliphatic carbocycles. The first kappa shape index (κ1) is 17.7. The number of aliphatic hydroxyl groups excluding tert-OH is 1. The smallest absolute Gasteiger partial charge is 0.292 e. The normalized spacial score (nSPS) is 10.7. The summed E-state index contributed by atoms with van der Waals surface area (Å²) in [7, 11) is 0. The van der Waals surface area contributed by atoms with Gasteiger partial charge in [0.2, 0.25) is 0 Å². The number of nitrogens with zero attached hydrogens (tertiary/aromatic N) is 3. The Balaban J connectivity index is 1.98. The molecule has 0 aliphatic heterocycles. The highest BCUT2D eigenvalue weighted by atomic mass is 16.5. The van der Waals surface area contributed by atoms with Gasteiger partial charge in [0.05, 0.1) is 24.5 Å². The number of hydroxylamine groups is 1. The molecule has 1 aromatic carbocycles. The Bertz CT molecular complexity index is 905. The molecule has 0 fully saturated rings. The van der Waals surface area contributed by atoms with E-state index in [0.717, 1.165) is 22.4 Å². The van der Waals surface area contributed by atoms with Crippen molar-refractivity contribution in [3.05, 3.63) is 59.9 Å². The summed E-state index contributed by atoms with van der Waals surface area (Å²) in [5.74, 6) is -0.647. The highest BCUT2D eigenvalue weighted by Gasteiger charge is 2.16. The average Bonchev–Trinajstić information content (AvgIpc) is 3.12. The first-order valence-electron chi connectivity index (χ1n) is 8.05. The van der Waals surface area contributed by atoms with Gasteiger partial charge in [0.15, 0.2) is 0 Å². The van der Waals surface area contributed by atoms with E-state index in [9.17, 15) is 4.79 Å². The van der Waals surface area contributed by atoms with Gasteiger partial charge < -0.3 is 10.8 Å². The monoisotopic (exact) mass is 353 g/mol. The van der Waals surface area contributed by atoms with Crippen LogP contribution < -0.4 is 11.2 Å². The summed E-state index contributed by atoms with van der Waals surface area (Å²) in [6, 6.07) is 12.7. The van der Waals surface area contributed by atoms with Gasteiger partial charge >= 0.3 is 0 Å². The summed E-state index contributed by atoms with van der Waals surface area (Å²) >= 11 is 0. The number of amides is 1. The second-order valence-corrected chi connectivity index (χ2v) is 5.65. The van der Waals surface area contributed by atoms with Gasteiger partial charge in [0.1, 0.15) is 5.69 Å². The van der Waals surface area contributed by atoms with Crippen molar-refractivity contribution in [1.82, 2.24) is 20.2 Å². The number of benzene rings is 1. The Hall–Kier alpha value is -3.07. The van der Waals surface area contributed by atoms with Gasteiger partial charge in [-0.15, -0.1) is 0 Å². The van der Waals surface area contributed by atoms with Crippen molar-refractivity contribution in [2.24, 2.45) is 5.73 Å². The fourth-order valence-corrected chi connectivity index (χ4v) is 2.62. The highest BCUT2D eigenvalue weighted by molar-refractivity contribution is 5.93. The number of nitrogens with two attached hydrogens (primary N) is 1. The summed E-state index contributed by atoms with van der Waals surface area (Å²) in [5.41, 5.74) is 11.2. The van der Waals surface area contributed by atoms with Crippen molar-refractivity contribution in [2.75, 3.05) is 6.54 Å². The van der Waals surface area contributed by atoms with E-state index >= 15 is 0 Å². The molecule has 8 heteroatoms. The largest absolute Gasteiger partial charge is 0.392 e. The molecular weight excluding hydrogens is 334 g/mol. The van der Waals surface area contributed by atoms with Crippen LogP contribution in [0.3, 0.4) is 0 Å². The summed E-state index contributed by atoms with van der Waals surface area (Å²) in [5, 5.41) is 22.4. The third-order valence-electron chi connectivity index (χ3n) is 3.94.